The molecule has 2 atom stereocenters. The number of ether oxygens (including phenoxy) is 1. The second-order valence-corrected chi connectivity index (χ2v) is 7.94. The van der Waals surface area contributed by atoms with Gasteiger partial charge in [-0.3, -0.25) is 9.36 Å². The van der Waals surface area contributed by atoms with Crippen LogP contribution in [0.25, 0.3) is 11.4 Å². The van der Waals surface area contributed by atoms with E-state index in [1.165, 1.54) is 11.8 Å². The van der Waals surface area contributed by atoms with Crippen LogP contribution >= 0.6 is 23.4 Å². The highest BCUT2D eigenvalue weighted by Crippen LogP contribution is 2.25. The standard InChI is InChI=1S/C19H23ClN4O2S/c1-4-9-24-18(15-5-7-16(20)8-6-15)21-22-19(24)27-12-17(25)23-10-13(2)26-14(3)11-23/h4-8,13-14H,1,9-12H2,2-3H3. The third kappa shape index (κ3) is 4.91. The van der Waals surface area contributed by atoms with Gasteiger partial charge in [-0.2, -0.15) is 0 Å². The Balaban J connectivity index is 1.72. The molecule has 1 aliphatic rings. The highest BCUT2D eigenvalue weighted by atomic mass is 35.5. The predicted molar refractivity (Wildman–Crippen MR) is 108 cm³/mol. The summed E-state index contributed by atoms with van der Waals surface area (Å²) in [4.78, 5) is 14.5. The number of carbonyl (C=O) groups excluding carboxylic acids is 1. The number of nitrogens with zero attached hydrogens (tertiary/aromatic N) is 4. The minimum absolute atomic E-state index is 0.0589. The zero-order chi connectivity index (χ0) is 19.4. The number of thioether (sulfide) groups is 1. The third-order valence-corrected chi connectivity index (χ3v) is 5.43. The van der Waals surface area contributed by atoms with Crippen LogP contribution in [0.15, 0.2) is 42.1 Å². The van der Waals surface area contributed by atoms with Crippen molar-refractivity contribution in [3.05, 3.63) is 41.9 Å². The quantitative estimate of drug-likeness (QED) is 0.542. The number of carbonyl (C=O) groups is 1. The van der Waals surface area contributed by atoms with Gasteiger partial charge >= 0.3 is 0 Å². The molecular weight excluding hydrogens is 384 g/mol. The van der Waals surface area contributed by atoms with E-state index in [0.29, 0.717) is 35.6 Å². The number of rotatable bonds is 6. The minimum atomic E-state index is 0.0589. The Morgan fingerprint density at radius 2 is 1.96 bits per heavy atom. The van der Waals surface area contributed by atoms with E-state index in [0.717, 1.165) is 11.4 Å². The molecular formula is C19H23ClN4O2S. The summed E-state index contributed by atoms with van der Waals surface area (Å²) in [6.07, 6.45) is 1.91. The van der Waals surface area contributed by atoms with E-state index in [2.05, 4.69) is 16.8 Å². The summed E-state index contributed by atoms with van der Waals surface area (Å²) in [6, 6.07) is 7.45. The first-order chi connectivity index (χ1) is 13.0. The Kier molecular flexibility index (Phi) is 6.57. The van der Waals surface area contributed by atoms with Gasteiger partial charge in [0, 0.05) is 30.2 Å². The van der Waals surface area contributed by atoms with E-state index in [9.17, 15) is 4.79 Å². The minimum Gasteiger partial charge on any atom is -0.372 e. The molecule has 0 saturated carbocycles. The third-order valence-electron chi connectivity index (χ3n) is 4.23. The van der Waals surface area contributed by atoms with Crippen LogP contribution in [0.3, 0.4) is 0 Å². The van der Waals surface area contributed by atoms with Crippen molar-refractivity contribution in [2.75, 3.05) is 18.8 Å². The molecule has 1 aromatic heterocycles. The first-order valence-electron chi connectivity index (χ1n) is 8.84. The summed E-state index contributed by atoms with van der Waals surface area (Å²) in [5.41, 5.74) is 0.919. The van der Waals surface area contributed by atoms with Gasteiger partial charge in [0.05, 0.1) is 18.0 Å². The zero-order valence-electron chi connectivity index (χ0n) is 15.5. The summed E-state index contributed by atoms with van der Waals surface area (Å²) in [6.45, 7) is 9.60. The van der Waals surface area contributed by atoms with Crippen molar-refractivity contribution in [1.82, 2.24) is 19.7 Å². The maximum absolute atomic E-state index is 12.6. The summed E-state index contributed by atoms with van der Waals surface area (Å²) in [7, 11) is 0. The van der Waals surface area contributed by atoms with Gasteiger partial charge < -0.3 is 9.64 Å². The molecule has 0 aliphatic carbocycles. The summed E-state index contributed by atoms with van der Waals surface area (Å²) in [5.74, 6) is 1.13. The molecule has 0 spiro atoms. The van der Waals surface area contributed by atoms with E-state index in [4.69, 9.17) is 16.3 Å². The van der Waals surface area contributed by atoms with Gasteiger partial charge in [0.2, 0.25) is 5.91 Å². The van der Waals surface area contributed by atoms with Crippen LogP contribution < -0.4 is 0 Å². The Hall–Kier alpha value is -1.83. The van der Waals surface area contributed by atoms with Crippen LogP contribution in [0.2, 0.25) is 5.02 Å². The van der Waals surface area contributed by atoms with Gasteiger partial charge in [-0.05, 0) is 38.1 Å². The lowest BCUT2D eigenvalue weighted by Crippen LogP contribution is -2.48. The molecule has 6 nitrogen and oxygen atoms in total. The lowest BCUT2D eigenvalue weighted by atomic mass is 10.2. The van der Waals surface area contributed by atoms with Crippen LogP contribution in [0, 0.1) is 0 Å². The number of morpholine rings is 1. The van der Waals surface area contributed by atoms with Crippen LogP contribution in [0.5, 0.6) is 0 Å². The Labute approximate surface area is 168 Å². The van der Waals surface area contributed by atoms with Crippen molar-refractivity contribution in [3.63, 3.8) is 0 Å². The number of hydrogen-bond acceptors (Lipinski definition) is 5. The number of amides is 1. The molecule has 2 unspecified atom stereocenters. The van der Waals surface area contributed by atoms with Crippen LogP contribution in [-0.2, 0) is 16.1 Å². The molecule has 8 heteroatoms. The number of hydrogen-bond donors (Lipinski definition) is 0. The fourth-order valence-electron chi connectivity index (χ4n) is 3.10. The van der Waals surface area contributed by atoms with Crippen molar-refractivity contribution < 1.29 is 9.53 Å². The van der Waals surface area contributed by atoms with Crippen molar-refractivity contribution in [1.29, 1.82) is 0 Å². The van der Waals surface area contributed by atoms with Crippen molar-refractivity contribution in [2.45, 2.75) is 37.8 Å². The molecule has 3 rings (SSSR count). The lowest BCUT2D eigenvalue weighted by Gasteiger charge is -2.35. The fourth-order valence-corrected chi connectivity index (χ4v) is 4.08. The molecule has 0 radical (unpaired) electrons. The average molecular weight is 407 g/mol. The number of halogens is 1. The zero-order valence-corrected chi connectivity index (χ0v) is 17.0. The van der Waals surface area contributed by atoms with Gasteiger partial charge in [-0.1, -0.05) is 29.4 Å². The summed E-state index contributed by atoms with van der Waals surface area (Å²) in [5, 5.41) is 9.95. The molecule has 1 saturated heterocycles. The highest BCUT2D eigenvalue weighted by molar-refractivity contribution is 7.99. The summed E-state index contributed by atoms with van der Waals surface area (Å²) >= 11 is 7.36. The van der Waals surface area contributed by atoms with E-state index in [1.54, 1.807) is 6.08 Å². The number of benzene rings is 1. The number of aromatic nitrogens is 3. The molecule has 1 fully saturated rings. The normalized spacial score (nSPS) is 19.9. The van der Waals surface area contributed by atoms with E-state index < -0.39 is 0 Å². The van der Waals surface area contributed by atoms with E-state index >= 15 is 0 Å². The topological polar surface area (TPSA) is 60.2 Å². The molecule has 1 amide bonds. The van der Waals surface area contributed by atoms with Gasteiger partial charge in [0.1, 0.15) is 0 Å². The molecule has 0 bridgehead atoms. The second kappa shape index (κ2) is 8.91. The van der Waals surface area contributed by atoms with Gasteiger partial charge in [-0.15, -0.1) is 16.8 Å². The van der Waals surface area contributed by atoms with Gasteiger partial charge in [-0.25, -0.2) is 0 Å². The molecule has 1 aliphatic heterocycles. The highest BCUT2D eigenvalue weighted by Gasteiger charge is 2.26. The Morgan fingerprint density at radius 1 is 1.30 bits per heavy atom. The molecule has 2 heterocycles. The van der Waals surface area contributed by atoms with Crippen molar-refractivity contribution in [3.8, 4) is 11.4 Å². The second-order valence-electron chi connectivity index (χ2n) is 6.56. The molecule has 27 heavy (non-hydrogen) atoms. The van der Waals surface area contributed by atoms with Crippen LogP contribution in [0.4, 0.5) is 0 Å². The monoisotopic (exact) mass is 406 g/mol. The Bertz CT molecular complexity index is 799. The average Bonchev–Trinajstić information content (AvgIpc) is 3.02. The summed E-state index contributed by atoms with van der Waals surface area (Å²) < 4.78 is 7.65. The van der Waals surface area contributed by atoms with Crippen LogP contribution in [-0.4, -0.2) is 56.6 Å². The first kappa shape index (κ1) is 19.9. The van der Waals surface area contributed by atoms with Gasteiger partial charge in [0.15, 0.2) is 11.0 Å². The Morgan fingerprint density at radius 3 is 2.59 bits per heavy atom. The maximum Gasteiger partial charge on any atom is 0.233 e. The predicted octanol–water partition coefficient (Wildman–Crippen LogP) is 3.51. The molecule has 1 aromatic carbocycles. The van der Waals surface area contributed by atoms with Gasteiger partial charge in [0.25, 0.3) is 0 Å². The SMILES string of the molecule is C=CCn1c(SCC(=O)N2CC(C)OC(C)C2)nnc1-c1ccc(Cl)cc1. The van der Waals surface area contributed by atoms with Crippen molar-refractivity contribution in [2.24, 2.45) is 0 Å². The lowest BCUT2D eigenvalue weighted by molar-refractivity contribution is -0.140. The van der Waals surface area contributed by atoms with E-state index in [1.807, 2.05) is 47.6 Å². The smallest absolute Gasteiger partial charge is 0.233 e. The van der Waals surface area contributed by atoms with Crippen molar-refractivity contribution >= 4 is 29.3 Å². The fraction of sp³-hybridized carbons (Fsp3) is 0.421. The molecule has 0 N–H and O–H groups in total. The van der Waals surface area contributed by atoms with Crippen LogP contribution in [0.1, 0.15) is 13.8 Å². The molecule has 144 valence electrons. The first-order valence-corrected chi connectivity index (χ1v) is 10.2. The largest absolute Gasteiger partial charge is 0.372 e. The molecule has 2 aromatic rings. The van der Waals surface area contributed by atoms with E-state index in [-0.39, 0.29) is 18.1 Å². The maximum atomic E-state index is 12.6. The number of allylic oxidation sites excluding steroid dienone is 1.